The molecule has 0 saturated carbocycles. The van der Waals surface area contributed by atoms with Crippen LogP contribution in [0.3, 0.4) is 0 Å². The van der Waals surface area contributed by atoms with Crippen molar-refractivity contribution in [2.24, 2.45) is 0 Å². The summed E-state index contributed by atoms with van der Waals surface area (Å²) in [6, 6.07) is 15.2. The highest BCUT2D eigenvalue weighted by atomic mass is 79.9. The lowest BCUT2D eigenvalue weighted by Gasteiger charge is -2.13. The summed E-state index contributed by atoms with van der Waals surface area (Å²) in [5, 5.41) is 2.97. The molecule has 1 atom stereocenters. The van der Waals surface area contributed by atoms with E-state index in [0.717, 1.165) is 35.9 Å². The summed E-state index contributed by atoms with van der Waals surface area (Å²) in [5.74, 6) is 0.480. The van der Waals surface area contributed by atoms with Crippen molar-refractivity contribution >= 4 is 21.8 Å². The van der Waals surface area contributed by atoms with E-state index in [9.17, 15) is 4.79 Å². The third-order valence-electron chi connectivity index (χ3n) is 4.25. The second-order valence-corrected chi connectivity index (χ2v) is 6.91. The van der Waals surface area contributed by atoms with E-state index < -0.39 is 0 Å². The lowest BCUT2D eigenvalue weighted by Crippen LogP contribution is -2.27. The topological polar surface area (TPSA) is 47.6 Å². The normalized spacial score (nSPS) is 16.6. The molecule has 3 rings (SSSR count). The number of halogens is 1. The van der Waals surface area contributed by atoms with Crippen LogP contribution in [0.15, 0.2) is 53.0 Å². The van der Waals surface area contributed by atoms with Crippen molar-refractivity contribution in [1.29, 1.82) is 0 Å². The molecule has 1 fully saturated rings. The third kappa shape index (κ3) is 5.06. The highest BCUT2D eigenvalue weighted by molar-refractivity contribution is 9.10. The predicted octanol–water partition coefficient (Wildman–Crippen LogP) is 4.33. The molecule has 1 aliphatic heterocycles. The van der Waals surface area contributed by atoms with Gasteiger partial charge in [0.05, 0.1) is 11.7 Å². The molecule has 2 aromatic rings. The zero-order chi connectivity index (χ0) is 17.5. The zero-order valence-corrected chi connectivity index (χ0v) is 15.6. The highest BCUT2D eigenvalue weighted by Gasteiger charge is 2.16. The van der Waals surface area contributed by atoms with Crippen LogP contribution in [0.2, 0.25) is 0 Å². The molecule has 1 unspecified atom stereocenters. The van der Waals surface area contributed by atoms with Gasteiger partial charge in [-0.2, -0.15) is 0 Å². The van der Waals surface area contributed by atoms with Crippen molar-refractivity contribution in [1.82, 2.24) is 5.32 Å². The number of hydrogen-bond donors (Lipinski definition) is 1. The Labute approximate surface area is 156 Å². The Morgan fingerprint density at radius 2 is 2.00 bits per heavy atom. The number of carbonyl (C=O) groups is 1. The van der Waals surface area contributed by atoms with Gasteiger partial charge in [-0.05, 0) is 37.5 Å². The molecule has 1 aliphatic rings. The molecule has 1 saturated heterocycles. The van der Waals surface area contributed by atoms with Gasteiger partial charge in [0.1, 0.15) is 12.4 Å². The molecule has 132 valence electrons. The maximum Gasteiger partial charge on any atom is 0.255 e. The van der Waals surface area contributed by atoms with Crippen molar-refractivity contribution in [3.63, 3.8) is 0 Å². The van der Waals surface area contributed by atoms with Gasteiger partial charge in [-0.25, -0.2) is 0 Å². The fourth-order valence-corrected chi connectivity index (χ4v) is 3.26. The van der Waals surface area contributed by atoms with Crippen LogP contribution in [-0.2, 0) is 11.3 Å². The maximum absolute atomic E-state index is 12.5. The number of benzene rings is 2. The minimum Gasteiger partial charge on any atom is -0.488 e. The monoisotopic (exact) mass is 403 g/mol. The molecule has 4 nitrogen and oxygen atoms in total. The number of para-hydroxylation sites is 1. The first kappa shape index (κ1) is 18.0. The summed E-state index contributed by atoms with van der Waals surface area (Å²) in [5.41, 5.74) is 1.60. The first-order valence-electron chi connectivity index (χ1n) is 8.59. The van der Waals surface area contributed by atoms with Crippen molar-refractivity contribution in [2.45, 2.75) is 32.0 Å². The summed E-state index contributed by atoms with van der Waals surface area (Å²) in [4.78, 5) is 12.5. The molecule has 1 N–H and O–H groups in total. The van der Waals surface area contributed by atoms with Crippen LogP contribution in [0, 0.1) is 0 Å². The summed E-state index contributed by atoms with van der Waals surface area (Å²) >= 11 is 3.51. The lowest BCUT2D eigenvalue weighted by atomic mass is 10.1. The summed E-state index contributed by atoms with van der Waals surface area (Å²) in [6.45, 7) is 1.86. The highest BCUT2D eigenvalue weighted by Crippen LogP contribution is 2.22. The predicted molar refractivity (Wildman–Crippen MR) is 101 cm³/mol. The Hall–Kier alpha value is -1.85. The smallest absolute Gasteiger partial charge is 0.255 e. The number of nitrogens with one attached hydrogen (secondary N) is 1. The van der Waals surface area contributed by atoms with E-state index in [2.05, 4.69) is 21.2 Å². The molecular formula is C20H22BrNO3. The second kappa shape index (κ2) is 9.02. The second-order valence-electron chi connectivity index (χ2n) is 6.06. The molecule has 1 amide bonds. The standard InChI is InChI=1S/C20H22BrNO3/c21-18-9-3-1-6-15(18)14-25-19-10-4-2-8-17(19)20(23)22-12-11-16-7-5-13-24-16/h1-4,6,8-10,16H,5,7,11-14H2,(H,22,23). The Morgan fingerprint density at radius 1 is 1.20 bits per heavy atom. The lowest BCUT2D eigenvalue weighted by molar-refractivity contribution is 0.0903. The third-order valence-corrected chi connectivity index (χ3v) is 5.02. The molecule has 25 heavy (non-hydrogen) atoms. The fraction of sp³-hybridized carbons (Fsp3) is 0.350. The molecule has 0 aliphatic carbocycles. The number of carbonyl (C=O) groups excluding carboxylic acids is 1. The van der Waals surface area contributed by atoms with Crippen LogP contribution >= 0.6 is 15.9 Å². The summed E-state index contributed by atoms with van der Waals surface area (Å²) in [7, 11) is 0. The van der Waals surface area contributed by atoms with Gasteiger partial charge in [-0.15, -0.1) is 0 Å². The van der Waals surface area contributed by atoms with Crippen molar-refractivity contribution in [3.05, 3.63) is 64.1 Å². The van der Waals surface area contributed by atoms with Crippen LogP contribution in [0.5, 0.6) is 5.75 Å². The van der Waals surface area contributed by atoms with Gasteiger partial charge >= 0.3 is 0 Å². The van der Waals surface area contributed by atoms with Crippen molar-refractivity contribution in [3.8, 4) is 5.75 Å². The maximum atomic E-state index is 12.5. The molecule has 2 aromatic carbocycles. The van der Waals surface area contributed by atoms with Crippen molar-refractivity contribution < 1.29 is 14.3 Å². The SMILES string of the molecule is O=C(NCCC1CCCO1)c1ccccc1OCc1ccccc1Br. The van der Waals surface area contributed by atoms with E-state index in [-0.39, 0.29) is 12.0 Å². The van der Waals surface area contributed by atoms with Crippen LogP contribution in [-0.4, -0.2) is 25.2 Å². The van der Waals surface area contributed by atoms with Crippen LogP contribution in [0.4, 0.5) is 0 Å². The molecule has 0 radical (unpaired) electrons. The van der Waals surface area contributed by atoms with E-state index in [0.29, 0.717) is 24.5 Å². The first-order chi connectivity index (χ1) is 12.2. The molecular weight excluding hydrogens is 382 g/mol. The average molecular weight is 404 g/mol. The van der Waals surface area contributed by atoms with E-state index in [4.69, 9.17) is 9.47 Å². The summed E-state index contributed by atoms with van der Waals surface area (Å²) < 4.78 is 12.5. The molecule has 0 bridgehead atoms. The molecule has 1 heterocycles. The zero-order valence-electron chi connectivity index (χ0n) is 14.0. The van der Waals surface area contributed by atoms with Crippen LogP contribution in [0.25, 0.3) is 0 Å². The average Bonchev–Trinajstić information content (AvgIpc) is 3.15. The first-order valence-corrected chi connectivity index (χ1v) is 9.38. The Bertz CT molecular complexity index is 714. The van der Waals surface area contributed by atoms with E-state index in [1.165, 1.54) is 0 Å². The van der Waals surface area contributed by atoms with Gasteiger partial charge < -0.3 is 14.8 Å². The van der Waals surface area contributed by atoms with E-state index >= 15 is 0 Å². The van der Waals surface area contributed by atoms with Crippen LogP contribution in [0.1, 0.15) is 35.2 Å². The number of rotatable bonds is 7. The molecule has 0 aromatic heterocycles. The van der Waals surface area contributed by atoms with Gasteiger partial charge in [0.2, 0.25) is 0 Å². The van der Waals surface area contributed by atoms with Crippen LogP contribution < -0.4 is 10.1 Å². The Morgan fingerprint density at radius 3 is 2.80 bits per heavy atom. The number of ether oxygens (including phenoxy) is 2. The Balaban J connectivity index is 1.57. The number of amides is 1. The van der Waals surface area contributed by atoms with E-state index in [1.807, 2.05) is 42.5 Å². The van der Waals surface area contributed by atoms with E-state index in [1.54, 1.807) is 6.07 Å². The van der Waals surface area contributed by atoms with Gasteiger partial charge in [0, 0.05) is 23.2 Å². The molecule has 5 heteroatoms. The fourth-order valence-electron chi connectivity index (χ4n) is 2.86. The Kier molecular flexibility index (Phi) is 6.48. The number of hydrogen-bond acceptors (Lipinski definition) is 3. The van der Waals surface area contributed by atoms with Gasteiger partial charge in [0.25, 0.3) is 5.91 Å². The van der Waals surface area contributed by atoms with Gasteiger partial charge in [-0.3, -0.25) is 4.79 Å². The van der Waals surface area contributed by atoms with Gasteiger partial charge in [0.15, 0.2) is 0 Å². The largest absolute Gasteiger partial charge is 0.488 e. The minimum absolute atomic E-state index is 0.110. The molecule has 0 spiro atoms. The minimum atomic E-state index is -0.110. The summed E-state index contributed by atoms with van der Waals surface area (Å²) in [6.07, 6.45) is 3.33. The van der Waals surface area contributed by atoms with Gasteiger partial charge in [-0.1, -0.05) is 46.3 Å². The quantitative estimate of drug-likeness (QED) is 0.748. The van der Waals surface area contributed by atoms with Crippen molar-refractivity contribution in [2.75, 3.05) is 13.2 Å².